The van der Waals surface area contributed by atoms with Gasteiger partial charge in [0.15, 0.2) is 0 Å². The lowest BCUT2D eigenvalue weighted by Crippen LogP contribution is -2.22. The van der Waals surface area contributed by atoms with Crippen LogP contribution in [0.1, 0.15) is 12.5 Å². The Hall–Kier alpha value is -3.09. The highest BCUT2D eigenvalue weighted by atomic mass is 19.1. The van der Waals surface area contributed by atoms with Crippen molar-refractivity contribution >= 4 is 28.9 Å². The average molecular weight is 345 g/mol. The van der Waals surface area contributed by atoms with Crippen LogP contribution in [0.5, 0.6) is 5.75 Å². The van der Waals surface area contributed by atoms with Crippen molar-refractivity contribution < 1.29 is 18.7 Å². The maximum absolute atomic E-state index is 13.8. The smallest absolute Gasteiger partial charge is 0.243 e. The number of carbonyl (C=O) groups is 2. The molecular weight excluding hydrogens is 325 g/mol. The number of halogens is 1. The summed E-state index contributed by atoms with van der Waals surface area (Å²) in [6.45, 7) is 3.06. The Morgan fingerprint density at radius 2 is 1.84 bits per heavy atom. The summed E-state index contributed by atoms with van der Waals surface area (Å²) in [7, 11) is 1.48. The van der Waals surface area contributed by atoms with Crippen molar-refractivity contribution in [2.24, 2.45) is 0 Å². The normalized spacial score (nSPS) is 10.1. The molecule has 0 aliphatic rings. The molecule has 0 aromatic heterocycles. The lowest BCUT2D eigenvalue weighted by molar-refractivity contribution is -0.115. The van der Waals surface area contributed by atoms with Crippen molar-refractivity contribution in [2.45, 2.75) is 13.8 Å². The van der Waals surface area contributed by atoms with Crippen LogP contribution in [0, 0.1) is 12.7 Å². The summed E-state index contributed by atoms with van der Waals surface area (Å²) in [6.07, 6.45) is 0. The van der Waals surface area contributed by atoms with E-state index in [2.05, 4.69) is 16.0 Å². The molecular formula is C18H20FN3O3. The standard InChI is InChI=1S/C18H20FN3O3/c1-11-4-6-15(14(19)8-11)20-10-18(24)22-16-9-13(21-12(2)23)5-7-17(16)25-3/h4-9,20H,10H2,1-3H3,(H,21,23)(H,22,24). The van der Waals surface area contributed by atoms with Crippen molar-refractivity contribution in [3.8, 4) is 5.75 Å². The summed E-state index contributed by atoms with van der Waals surface area (Å²) in [5, 5.41) is 8.05. The second-order valence-electron chi connectivity index (χ2n) is 5.48. The fourth-order valence-corrected chi connectivity index (χ4v) is 2.22. The Kier molecular flexibility index (Phi) is 5.94. The molecule has 25 heavy (non-hydrogen) atoms. The summed E-state index contributed by atoms with van der Waals surface area (Å²) in [6, 6.07) is 9.60. The van der Waals surface area contributed by atoms with Gasteiger partial charge in [-0.3, -0.25) is 9.59 Å². The van der Waals surface area contributed by atoms with Gasteiger partial charge in [0.2, 0.25) is 11.8 Å². The minimum atomic E-state index is -0.418. The van der Waals surface area contributed by atoms with Gasteiger partial charge in [0, 0.05) is 12.6 Å². The van der Waals surface area contributed by atoms with Crippen molar-refractivity contribution in [3.63, 3.8) is 0 Å². The molecule has 0 spiro atoms. The van der Waals surface area contributed by atoms with Crippen LogP contribution >= 0.6 is 0 Å². The van der Waals surface area contributed by atoms with Gasteiger partial charge in [-0.15, -0.1) is 0 Å². The molecule has 2 aromatic rings. The number of amides is 2. The zero-order chi connectivity index (χ0) is 18.4. The molecule has 0 saturated heterocycles. The molecule has 0 aliphatic heterocycles. The first-order valence-electron chi connectivity index (χ1n) is 7.64. The topological polar surface area (TPSA) is 79.5 Å². The number of benzene rings is 2. The van der Waals surface area contributed by atoms with Gasteiger partial charge in [-0.2, -0.15) is 0 Å². The highest BCUT2D eigenvalue weighted by molar-refractivity contribution is 5.96. The van der Waals surface area contributed by atoms with E-state index in [0.29, 0.717) is 17.1 Å². The van der Waals surface area contributed by atoms with Crippen LogP contribution in [0.15, 0.2) is 36.4 Å². The van der Waals surface area contributed by atoms with Gasteiger partial charge in [0.25, 0.3) is 0 Å². The molecule has 7 heteroatoms. The number of aryl methyl sites for hydroxylation is 1. The monoisotopic (exact) mass is 345 g/mol. The third kappa shape index (κ3) is 5.20. The summed E-state index contributed by atoms with van der Waals surface area (Å²) in [5.41, 5.74) is 1.98. The average Bonchev–Trinajstić information content (AvgIpc) is 2.54. The number of hydrogen-bond donors (Lipinski definition) is 3. The number of methoxy groups -OCH3 is 1. The Morgan fingerprint density at radius 3 is 2.48 bits per heavy atom. The van der Waals surface area contributed by atoms with E-state index in [-0.39, 0.29) is 24.0 Å². The summed E-state index contributed by atoms with van der Waals surface area (Å²) < 4.78 is 19.0. The largest absolute Gasteiger partial charge is 0.495 e. The minimum Gasteiger partial charge on any atom is -0.495 e. The van der Waals surface area contributed by atoms with Gasteiger partial charge in [-0.1, -0.05) is 6.07 Å². The minimum absolute atomic E-state index is 0.118. The van der Waals surface area contributed by atoms with Crippen LogP contribution < -0.4 is 20.7 Å². The molecule has 0 saturated carbocycles. The first-order valence-corrected chi connectivity index (χ1v) is 7.64. The summed E-state index contributed by atoms with van der Waals surface area (Å²) >= 11 is 0. The van der Waals surface area contributed by atoms with E-state index < -0.39 is 5.82 Å². The second kappa shape index (κ2) is 8.14. The summed E-state index contributed by atoms with van der Waals surface area (Å²) in [5.74, 6) is -0.570. The zero-order valence-electron chi connectivity index (χ0n) is 14.3. The number of nitrogens with one attached hydrogen (secondary N) is 3. The molecule has 6 nitrogen and oxygen atoms in total. The van der Waals surface area contributed by atoms with Crippen LogP contribution in [0.2, 0.25) is 0 Å². The van der Waals surface area contributed by atoms with Crippen LogP contribution in [0.4, 0.5) is 21.5 Å². The van der Waals surface area contributed by atoms with Gasteiger partial charge in [0.05, 0.1) is 25.0 Å². The van der Waals surface area contributed by atoms with E-state index in [1.807, 2.05) is 0 Å². The fraction of sp³-hybridized carbons (Fsp3) is 0.222. The van der Waals surface area contributed by atoms with E-state index in [1.54, 1.807) is 37.3 Å². The van der Waals surface area contributed by atoms with Gasteiger partial charge in [0.1, 0.15) is 11.6 Å². The number of ether oxygens (including phenoxy) is 1. The highest BCUT2D eigenvalue weighted by Gasteiger charge is 2.10. The quantitative estimate of drug-likeness (QED) is 0.751. The fourth-order valence-electron chi connectivity index (χ4n) is 2.22. The molecule has 0 fully saturated rings. The second-order valence-corrected chi connectivity index (χ2v) is 5.48. The molecule has 0 unspecified atom stereocenters. The Morgan fingerprint density at radius 1 is 1.08 bits per heavy atom. The zero-order valence-corrected chi connectivity index (χ0v) is 14.3. The first-order chi connectivity index (χ1) is 11.9. The van der Waals surface area contributed by atoms with E-state index >= 15 is 0 Å². The molecule has 2 rings (SSSR count). The first kappa shape index (κ1) is 18.3. The number of anilines is 3. The number of hydrogen-bond acceptors (Lipinski definition) is 4. The molecule has 0 radical (unpaired) electrons. The van der Waals surface area contributed by atoms with Gasteiger partial charge in [-0.05, 0) is 42.8 Å². The Balaban J connectivity index is 2.04. The lowest BCUT2D eigenvalue weighted by Gasteiger charge is -2.13. The number of carbonyl (C=O) groups excluding carboxylic acids is 2. The molecule has 0 atom stereocenters. The van der Waals surface area contributed by atoms with Crippen LogP contribution in [-0.4, -0.2) is 25.5 Å². The molecule has 2 amide bonds. The van der Waals surface area contributed by atoms with E-state index in [0.717, 1.165) is 5.56 Å². The molecule has 132 valence electrons. The third-order valence-electron chi connectivity index (χ3n) is 3.36. The Bertz CT molecular complexity index is 793. The molecule has 0 heterocycles. The molecule has 0 aliphatic carbocycles. The van der Waals surface area contributed by atoms with Crippen molar-refractivity contribution in [1.82, 2.24) is 0 Å². The van der Waals surface area contributed by atoms with Gasteiger partial charge >= 0.3 is 0 Å². The van der Waals surface area contributed by atoms with E-state index in [9.17, 15) is 14.0 Å². The highest BCUT2D eigenvalue weighted by Crippen LogP contribution is 2.27. The molecule has 3 N–H and O–H groups in total. The SMILES string of the molecule is COc1ccc(NC(C)=O)cc1NC(=O)CNc1ccc(C)cc1F. The summed E-state index contributed by atoms with van der Waals surface area (Å²) in [4.78, 5) is 23.3. The maximum atomic E-state index is 13.8. The third-order valence-corrected chi connectivity index (χ3v) is 3.36. The van der Waals surface area contributed by atoms with E-state index in [4.69, 9.17) is 4.74 Å². The maximum Gasteiger partial charge on any atom is 0.243 e. The van der Waals surface area contributed by atoms with Crippen molar-refractivity contribution in [1.29, 1.82) is 0 Å². The van der Waals surface area contributed by atoms with E-state index in [1.165, 1.54) is 20.1 Å². The van der Waals surface area contributed by atoms with Crippen molar-refractivity contribution in [3.05, 3.63) is 47.8 Å². The van der Waals surface area contributed by atoms with Crippen molar-refractivity contribution in [2.75, 3.05) is 29.6 Å². The van der Waals surface area contributed by atoms with Gasteiger partial charge < -0.3 is 20.7 Å². The number of rotatable bonds is 6. The molecule has 0 bridgehead atoms. The predicted octanol–water partition coefficient (Wildman–Crippen LogP) is 3.15. The van der Waals surface area contributed by atoms with Crippen LogP contribution in [0.3, 0.4) is 0 Å². The lowest BCUT2D eigenvalue weighted by atomic mass is 10.2. The van der Waals surface area contributed by atoms with Crippen LogP contribution in [0.25, 0.3) is 0 Å². The van der Waals surface area contributed by atoms with Gasteiger partial charge in [-0.25, -0.2) is 4.39 Å². The molecule has 2 aromatic carbocycles. The van der Waals surface area contributed by atoms with Crippen LogP contribution in [-0.2, 0) is 9.59 Å². The predicted molar refractivity (Wildman–Crippen MR) is 95.6 cm³/mol. The Labute approximate surface area is 145 Å².